The van der Waals surface area contributed by atoms with Gasteiger partial charge in [0.2, 0.25) is 0 Å². The molecule has 0 aliphatic carbocycles. The van der Waals surface area contributed by atoms with Gasteiger partial charge in [-0.15, -0.1) is 23.7 Å². The summed E-state index contributed by atoms with van der Waals surface area (Å²) in [6, 6.07) is 7.76. The first-order valence-electron chi connectivity index (χ1n) is 7.73. The molecule has 7 heteroatoms. The molecule has 24 heavy (non-hydrogen) atoms. The van der Waals surface area contributed by atoms with E-state index in [0.717, 1.165) is 16.3 Å². The van der Waals surface area contributed by atoms with Crippen LogP contribution in [0.1, 0.15) is 34.9 Å². The molecule has 0 aliphatic rings. The number of hydrogen-bond acceptors (Lipinski definition) is 5. The Morgan fingerprint density at radius 3 is 2.92 bits per heavy atom. The molecule has 0 saturated carbocycles. The summed E-state index contributed by atoms with van der Waals surface area (Å²) < 4.78 is 5.69. The molecule has 1 aromatic carbocycles. The van der Waals surface area contributed by atoms with Crippen LogP contribution in [0.5, 0.6) is 5.75 Å². The van der Waals surface area contributed by atoms with Gasteiger partial charge < -0.3 is 15.8 Å². The lowest BCUT2D eigenvalue weighted by Gasteiger charge is -2.10. The van der Waals surface area contributed by atoms with E-state index in [1.54, 1.807) is 5.38 Å². The normalized spacial score (nSPS) is 10.3. The third-order valence-electron chi connectivity index (χ3n) is 3.08. The zero-order valence-electron chi connectivity index (χ0n) is 14.0. The van der Waals surface area contributed by atoms with Gasteiger partial charge in [0.25, 0.3) is 5.91 Å². The highest BCUT2D eigenvalue weighted by Gasteiger charge is 2.10. The van der Waals surface area contributed by atoms with Gasteiger partial charge in [-0.1, -0.05) is 26.0 Å². The molecule has 2 rings (SSSR count). The van der Waals surface area contributed by atoms with Crippen LogP contribution in [0.3, 0.4) is 0 Å². The van der Waals surface area contributed by atoms with E-state index in [1.807, 2.05) is 24.3 Å². The summed E-state index contributed by atoms with van der Waals surface area (Å²) in [6.45, 7) is 5.88. The summed E-state index contributed by atoms with van der Waals surface area (Å²) in [5.41, 5.74) is 6.94. The van der Waals surface area contributed by atoms with Crippen molar-refractivity contribution in [1.29, 1.82) is 0 Å². The van der Waals surface area contributed by atoms with E-state index < -0.39 is 0 Å². The number of thiazole rings is 1. The van der Waals surface area contributed by atoms with E-state index in [1.165, 1.54) is 11.3 Å². The van der Waals surface area contributed by atoms with Gasteiger partial charge in [-0.2, -0.15) is 0 Å². The van der Waals surface area contributed by atoms with Crippen molar-refractivity contribution in [2.45, 2.75) is 26.8 Å². The molecule has 0 radical (unpaired) electrons. The monoisotopic (exact) mass is 369 g/mol. The molecule has 0 unspecified atom stereocenters. The topological polar surface area (TPSA) is 77.2 Å². The first-order chi connectivity index (χ1) is 11.1. The number of nitrogens with one attached hydrogen (secondary N) is 1. The highest BCUT2D eigenvalue weighted by atomic mass is 35.5. The number of aromatic nitrogens is 1. The second-order valence-electron chi connectivity index (χ2n) is 5.70. The van der Waals surface area contributed by atoms with Crippen LogP contribution in [-0.4, -0.2) is 24.0 Å². The third kappa shape index (κ3) is 6.47. The largest absolute Gasteiger partial charge is 0.493 e. The van der Waals surface area contributed by atoms with E-state index in [0.29, 0.717) is 37.7 Å². The number of nitrogens with zero attached hydrogens (tertiary/aromatic N) is 1. The number of benzene rings is 1. The number of carbonyl (C=O) groups excluding carboxylic acids is 1. The number of hydrogen-bond donors (Lipinski definition) is 2. The zero-order chi connectivity index (χ0) is 16.7. The fourth-order valence-electron chi connectivity index (χ4n) is 1.93. The minimum absolute atomic E-state index is 0. The van der Waals surface area contributed by atoms with Crippen LogP contribution in [0, 0.1) is 5.92 Å². The number of halogens is 1. The van der Waals surface area contributed by atoms with Gasteiger partial charge in [0.05, 0.1) is 11.6 Å². The van der Waals surface area contributed by atoms with Crippen molar-refractivity contribution < 1.29 is 9.53 Å². The molecule has 5 nitrogen and oxygen atoms in total. The minimum atomic E-state index is -0.168. The number of nitrogens with two attached hydrogens (primary N) is 1. The predicted molar refractivity (Wildman–Crippen MR) is 100 cm³/mol. The SMILES string of the molecule is CC(C)COc1cccc(CNC(=O)c2csc(CCN)n2)c1.Cl. The van der Waals surface area contributed by atoms with Gasteiger partial charge in [-0.05, 0) is 30.2 Å². The van der Waals surface area contributed by atoms with Crippen LogP contribution < -0.4 is 15.8 Å². The second kappa shape index (κ2) is 10.3. The molecule has 0 atom stereocenters. The number of rotatable bonds is 8. The lowest BCUT2D eigenvalue weighted by molar-refractivity contribution is 0.0946. The molecule has 132 valence electrons. The Morgan fingerprint density at radius 1 is 1.42 bits per heavy atom. The van der Waals surface area contributed by atoms with Crippen molar-refractivity contribution in [3.63, 3.8) is 0 Å². The fourth-order valence-corrected chi connectivity index (χ4v) is 2.73. The van der Waals surface area contributed by atoms with Crippen molar-refractivity contribution in [3.8, 4) is 5.75 Å². The third-order valence-corrected chi connectivity index (χ3v) is 3.99. The molecule has 1 amide bonds. The number of amides is 1. The first-order valence-corrected chi connectivity index (χ1v) is 8.61. The molecular formula is C17H24ClN3O2S. The van der Waals surface area contributed by atoms with Crippen molar-refractivity contribution >= 4 is 29.7 Å². The first kappa shape index (κ1) is 20.4. The van der Waals surface area contributed by atoms with E-state index in [4.69, 9.17) is 10.5 Å². The van der Waals surface area contributed by atoms with Crippen LogP contribution in [0.25, 0.3) is 0 Å². The minimum Gasteiger partial charge on any atom is -0.493 e. The molecule has 0 bridgehead atoms. The van der Waals surface area contributed by atoms with E-state index in [-0.39, 0.29) is 18.3 Å². The average Bonchev–Trinajstić information content (AvgIpc) is 3.00. The van der Waals surface area contributed by atoms with E-state index >= 15 is 0 Å². The highest BCUT2D eigenvalue weighted by Crippen LogP contribution is 2.15. The van der Waals surface area contributed by atoms with Gasteiger partial charge >= 0.3 is 0 Å². The van der Waals surface area contributed by atoms with Crippen molar-refractivity contribution in [3.05, 3.63) is 45.9 Å². The maximum absolute atomic E-state index is 12.1. The van der Waals surface area contributed by atoms with E-state index in [2.05, 4.69) is 24.1 Å². The molecule has 1 aromatic heterocycles. The average molecular weight is 370 g/mol. The highest BCUT2D eigenvalue weighted by molar-refractivity contribution is 7.09. The molecule has 3 N–H and O–H groups in total. The Kier molecular flexibility index (Phi) is 8.74. The van der Waals surface area contributed by atoms with Crippen molar-refractivity contribution in [1.82, 2.24) is 10.3 Å². The quantitative estimate of drug-likeness (QED) is 0.749. The second-order valence-corrected chi connectivity index (χ2v) is 6.64. The molecular weight excluding hydrogens is 346 g/mol. The maximum Gasteiger partial charge on any atom is 0.271 e. The molecule has 0 spiro atoms. The van der Waals surface area contributed by atoms with Gasteiger partial charge in [-0.25, -0.2) is 4.98 Å². The van der Waals surface area contributed by atoms with Gasteiger partial charge in [0.15, 0.2) is 0 Å². The van der Waals surface area contributed by atoms with Crippen LogP contribution >= 0.6 is 23.7 Å². The van der Waals surface area contributed by atoms with E-state index in [9.17, 15) is 4.79 Å². The molecule has 0 fully saturated rings. The van der Waals surface area contributed by atoms with Crippen LogP contribution in [-0.2, 0) is 13.0 Å². The van der Waals surface area contributed by atoms with Crippen LogP contribution in [0.15, 0.2) is 29.6 Å². The molecule has 2 aromatic rings. The lowest BCUT2D eigenvalue weighted by atomic mass is 10.2. The Hall–Kier alpha value is -1.63. The lowest BCUT2D eigenvalue weighted by Crippen LogP contribution is -2.23. The summed E-state index contributed by atoms with van der Waals surface area (Å²) in [4.78, 5) is 16.4. The summed E-state index contributed by atoms with van der Waals surface area (Å²) in [5, 5.41) is 5.54. The summed E-state index contributed by atoms with van der Waals surface area (Å²) >= 11 is 1.46. The predicted octanol–water partition coefficient (Wildman–Crippen LogP) is 3.03. The Bertz CT molecular complexity index is 646. The molecule has 0 aliphatic heterocycles. The van der Waals surface area contributed by atoms with Gasteiger partial charge in [-0.3, -0.25) is 4.79 Å². The number of ether oxygens (including phenoxy) is 1. The fraction of sp³-hybridized carbons (Fsp3) is 0.412. The van der Waals surface area contributed by atoms with Crippen molar-refractivity contribution in [2.24, 2.45) is 11.7 Å². The standard InChI is InChI=1S/C17H23N3O2S.ClH/c1-12(2)10-22-14-5-3-4-13(8-14)9-19-17(21)15-11-23-16(20-15)6-7-18;/h3-5,8,11-12H,6-7,9-10,18H2,1-2H3,(H,19,21);1H. The van der Waals surface area contributed by atoms with Crippen molar-refractivity contribution in [2.75, 3.05) is 13.2 Å². The molecule has 0 saturated heterocycles. The smallest absolute Gasteiger partial charge is 0.271 e. The Balaban J connectivity index is 0.00000288. The summed E-state index contributed by atoms with van der Waals surface area (Å²) in [6.07, 6.45) is 0.702. The summed E-state index contributed by atoms with van der Waals surface area (Å²) in [7, 11) is 0. The van der Waals surface area contributed by atoms with Crippen LogP contribution in [0.4, 0.5) is 0 Å². The van der Waals surface area contributed by atoms with Gasteiger partial charge in [0, 0.05) is 18.3 Å². The molecule has 1 heterocycles. The zero-order valence-corrected chi connectivity index (χ0v) is 15.6. The Morgan fingerprint density at radius 2 is 2.21 bits per heavy atom. The van der Waals surface area contributed by atoms with Crippen LogP contribution in [0.2, 0.25) is 0 Å². The Labute approximate surface area is 153 Å². The maximum atomic E-state index is 12.1. The van der Waals surface area contributed by atoms with Gasteiger partial charge in [0.1, 0.15) is 11.4 Å². The summed E-state index contributed by atoms with van der Waals surface area (Å²) in [5.74, 6) is 1.13. The number of carbonyl (C=O) groups is 1.